The van der Waals surface area contributed by atoms with Crippen molar-refractivity contribution in [3.05, 3.63) is 65.0 Å². The van der Waals surface area contributed by atoms with Crippen LogP contribution in [-0.4, -0.2) is 17.0 Å². The Morgan fingerprint density at radius 2 is 1.90 bits per heavy atom. The van der Waals surface area contributed by atoms with Crippen LogP contribution in [-0.2, 0) is 6.42 Å². The van der Waals surface area contributed by atoms with E-state index < -0.39 is 0 Å². The van der Waals surface area contributed by atoms with E-state index in [2.05, 4.69) is 23.2 Å². The smallest absolute Gasteiger partial charge is 0.123 e. The highest BCUT2D eigenvalue weighted by atomic mass is 19.1. The van der Waals surface area contributed by atoms with Crippen molar-refractivity contribution in [3.63, 3.8) is 0 Å². The Bertz CT molecular complexity index is 981. The van der Waals surface area contributed by atoms with Crippen LogP contribution >= 0.6 is 0 Å². The standard InChI is InChI=1S/C25H27FN2O/c1-25-13-12-21-20-9-7-19(29)14-17(20)4-8-22(21)23(25)10-11-24(25)28-27-15-16-2-5-18(26)6-3-16/h2-3,5-7,9,14-15,21-23,29H,4,8,10-13H2,1H3/b27-15-,28-24-/t21-,22+,23-,25+/m1/s1. The Labute approximate surface area is 171 Å². The summed E-state index contributed by atoms with van der Waals surface area (Å²) in [5.74, 6) is 2.11. The van der Waals surface area contributed by atoms with E-state index in [4.69, 9.17) is 0 Å². The molecule has 0 aromatic heterocycles. The van der Waals surface area contributed by atoms with Gasteiger partial charge in [0.15, 0.2) is 0 Å². The summed E-state index contributed by atoms with van der Waals surface area (Å²) in [5.41, 5.74) is 5.03. The zero-order valence-corrected chi connectivity index (χ0v) is 16.8. The lowest BCUT2D eigenvalue weighted by atomic mass is 9.55. The number of halogens is 1. The molecule has 3 aliphatic carbocycles. The van der Waals surface area contributed by atoms with E-state index in [0.717, 1.165) is 24.8 Å². The quantitative estimate of drug-likeness (QED) is 0.506. The summed E-state index contributed by atoms with van der Waals surface area (Å²) in [6, 6.07) is 12.3. The first-order valence-electron chi connectivity index (χ1n) is 10.7. The number of phenolic OH excluding ortho intramolecular Hbond substituents is 1. The minimum Gasteiger partial charge on any atom is -0.508 e. The van der Waals surface area contributed by atoms with Gasteiger partial charge in [-0.05, 0) is 97.2 Å². The predicted molar refractivity (Wildman–Crippen MR) is 114 cm³/mol. The molecular weight excluding hydrogens is 363 g/mol. The number of aromatic hydroxyl groups is 1. The highest BCUT2D eigenvalue weighted by Crippen LogP contribution is 2.60. The van der Waals surface area contributed by atoms with Gasteiger partial charge < -0.3 is 5.11 Å². The van der Waals surface area contributed by atoms with E-state index in [1.54, 1.807) is 18.3 Å². The topological polar surface area (TPSA) is 45.0 Å². The van der Waals surface area contributed by atoms with Gasteiger partial charge in [-0.1, -0.05) is 25.1 Å². The molecule has 0 saturated heterocycles. The van der Waals surface area contributed by atoms with Gasteiger partial charge in [0.05, 0.1) is 6.21 Å². The number of nitrogens with zero attached hydrogens (tertiary/aromatic N) is 2. The van der Waals surface area contributed by atoms with E-state index in [0.29, 0.717) is 23.5 Å². The zero-order valence-electron chi connectivity index (χ0n) is 16.8. The molecule has 0 bridgehead atoms. The van der Waals surface area contributed by atoms with Crippen LogP contribution in [0.3, 0.4) is 0 Å². The number of fused-ring (bicyclic) bond motifs is 5. The molecular formula is C25H27FN2O. The van der Waals surface area contributed by atoms with Gasteiger partial charge in [-0.15, -0.1) is 0 Å². The van der Waals surface area contributed by atoms with E-state index >= 15 is 0 Å². The molecule has 0 aliphatic heterocycles. The predicted octanol–water partition coefficient (Wildman–Crippen LogP) is 5.86. The summed E-state index contributed by atoms with van der Waals surface area (Å²) in [4.78, 5) is 0. The average Bonchev–Trinajstić information content (AvgIpc) is 3.05. The molecule has 0 heterocycles. The minimum atomic E-state index is -0.236. The van der Waals surface area contributed by atoms with Crippen molar-refractivity contribution in [1.82, 2.24) is 0 Å². The third-order valence-electron chi connectivity index (χ3n) is 7.71. The number of hydrogen-bond donors (Lipinski definition) is 1. The third kappa shape index (κ3) is 3.19. The van der Waals surface area contributed by atoms with Crippen molar-refractivity contribution < 1.29 is 9.50 Å². The molecule has 4 heteroatoms. The second-order valence-corrected chi connectivity index (χ2v) is 9.14. The Kier molecular flexibility index (Phi) is 4.53. The Morgan fingerprint density at radius 3 is 2.72 bits per heavy atom. The molecule has 2 aromatic rings. The van der Waals surface area contributed by atoms with Gasteiger partial charge in [0.2, 0.25) is 0 Å². The fraction of sp³-hybridized carbons (Fsp3) is 0.440. The van der Waals surface area contributed by atoms with Crippen LogP contribution < -0.4 is 0 Å². The van der Waals surface area contributed by atoms with Gasteiger partial charge in [0, 0.05) is 11.1 Å². The highest BCUT2D eigenvalue weighted by Gasteiger charge is 2.53. The van der Waals surface area contributed by atoms with Crippen molar-refractivity contribution in [1.29, 1.82) is 0 Å². The summed E-state index contributed by atoms with van der Waals surface area (Å²) in [5, 5.41) is 18.8. The largest absolute Gasteiger partial charge is 0.508 e. The van der Waals surface area contributed by atoms with Gasteiger partial charge in [-0.2, -0.15) is 10.2 Å². The number of rotatable bonds is 2. The van der Waals surface area contributed by atoms with Gasteiger partial charge in [0.1, 0.15) is 11.6 Å². The molecule has 2 aromatic carbocycles. The molecule has 4 atom stereocenters. The van der Waals surface area contributed by atoms with E-state index in [9.17, 15) is 9.50 Å². The Hall–Kier alpha value is -2.49. The first kappa shape index (κ1) is 18.5. The van der Waals surface area contributed by atoms with Crippen molar-refractivity contribution in [2.24, 2.45) is 27.5 Å². The molecule has 2 saturated carbocycles. The molecule has 0 unspecified atom stereocenters. The summed E-state index contributed by atoms with van der Waals surface area (Å²) in [6.45, 7) is 2.39. The maximum absolute atomic E-state index is 13.1. The van der Waals surface area contributed by atoms with Gasteiger partial charge >= 0.3 is 0 Å². The van der Waals surface area contributed by atoms with Crippen molar-refractivity contribution in [2.75, 3.05) is 0 Å². The normalized spacial score (nSPS) is 32.2. The lowest BCUT2D eigenvalue weighted by Gasteiger charge is -2.49. The summed E-state index contributed by atoms with van der Waals surface area (Å²) >= 11 is 0. The van der Waals surface area contributed by atoms with Gasteiger partial charge in [-0.3, -0.25) is 0 Å². The minimum absolute atomic E-state index is 0.135. The number of aryl methyl sites for hydroxylation is 1. The second-order valence-electron chi connectivity index (χ2n) is 9.14. The second kappa shape index (κ2) is 7.08. The molecule has 3 nitrogen and oxygen atoms in total. The Balaban J connectivity index is 1.37. The van der Waals surface area contributed by atoms with Crippen LogP contribution in [0, 0.1) is 23.1 Å². The van der Waals surface area contributed by atoms with Crippen LogP contribution in [0.1, 0.15) is 61.6 Å². The molecule has 5 rings (SSSR count). The SMILES string of the molecule is C[C@]12CC[C@@H]3c4ccc(O)cc4CC[C@@H]3[C@H]1CC/C2=N/N=C\c1ccc(F)cc1. The maximum Gasteiger partial charge on any atom is 0.123 e. The summed E-state index contributed by atoms with van der Waals surface area (Å²) in [6.07, 6.45) is 8.52. The number of hydrogen-bond acceptors (Lipinski definition) is 3. The van der Waals surface area contributed by atoms with Crippen LogP contribution in [0.15, 0.2) is 52.7 Å². The van der Waals surface area contributed by atoms with Crippen molar-refractivity contribution in [2.45, 2.75) is 51.4 Å². The molecule has 3 aliphatic rings. The van der Waals surface area contributed by atoms with Crippen LogP contribution in [0.25, 0.3) is 0 Å². The first-order valence-corrected chi connectivity index (χ1v) is 10.7. The summed E-state index contributed by atoms with van der Waals surface area (Å²) in [7, 11) is 0. The molecule has 0 amide bonds. The van der Waals surface area contributed by atoms with Crippen molar-refractivity contribution >= 4 is 11.9 Å². The third-order valence-corrected chi connectivity index (χ3v) is 7.71. The molecule has 2 fully saturated rings. The molecule has 29 heavy (non-hydrogen) atoms. The fourth-order valence-electron chi connectivity index (χ4n) is 6.24. The van der Waals surface area contributed by atoms with E-state index in [1.807, 2.05) is 12.1 Å². The maximum atomic E-state index is 13.1. The van der Waals surface area contributed by atoms with Crippen molar-refractivity contribution in [3.8, 4) is 5.75 Å². The Morgan fingerprint density at radius 1 is 1.07 bits per heavy atom. The van der Waals surface area contributed by atoms with Gasteiger partial charge in [0.25, 0.3) is 0 Å². The van der Waals surface area contributed by atoms with Crippen LogP contribution in [0.5, 0.6) is 5.75 Å². The van der Waals surface area contributed by atoms with Gasteiger partial charge in [-0.25, -0.2) is 4.39 Å². The van der Waals surface area contributed by atoms with Crippen LogP contribution in [0.4, 0.5) is 4.39 Å². The highest BCUT2D eigenvalue weighted by molar-refractivity contribution is 5.93. The fourth-order valence-corrected chi connectivity index (χ4v) is 6.24. The monoisotopic (exact) mass is 390 g/mol. The lowest BCUT2D eigenvalue weighted by molar-refractivity contribution is 0.0955. The number of phenols is 1. The lowest BCUT2D eigenvalue weighted by Crippen LogP contribution is -2.42. The number of benzene rings is 2. The van der Waals surface area contributed by atoms with E-state index in [-0.39, 0.29) is 11.2 Å². The molecule has 150 valence electrons. The summed E-state index contributed by atoms with van der Waals surface area (Å²) < 4.78 is 13.1. The molecule has 0 spiro atoms. The molecule has 1 N–H and O–H groups in total. The average molecular weight is 391 g/mol. The first-order chi connectivity index (χ1) is 14.0. The zero-order chi connectivity index (χ0) is 20.0. The van der Waals surface area contributed by atoms with Crippen LogP contribution in [0.2, 0.25) is 0 Å². The van der Waals surface area contributed by atoms with E-state index in [1.165, 1.54) is 48.2 Å². The molecule has 0 radical (unpaired) electrons.